The predicted octanol–water partition coefficient (Wildman–Crippen LogP) is 4.77. The Labute approximate surface area is 227 Å². The quantitative estimate of drug-likeness (QED) is 0.281. The highest BCUT2D eigenvalue weighted by Crippen LogP contribution is 2.26. The van der Waals surface area contributed by atoms with Gasteiger partial charge in [0.25, 0.3) is 5.91 Å². The number of benzene rings is 2. The zero-order valence-electron chi connectivity index (χ0n) is 22.3. The Hall–Kier alpha value is -4.84. The number of nitrogens with one attached hydrogen (secondary N) is 1. The Balaban J connectivity index is 1.45. The van der Waals surface area contributed by atoms with Crippen LogP contribution in [0.2, 0.25) is 0 Å². The topological polar surface area (TPSA) is 113 Å². The SMILES string of the molecule is CCCN(Cc1cncn1Cc1ccc(C#N)cc1)c1ccc(-c2ccc(C(=O)N[C@@H](C)C(=O)OC)o2)cc1. The number of ether oxygens (including phenoxy) is 1. The minimum atomic E-state index is -0.777. The van der Waals surface area contributed by atoms with Gasteiger partial charge in [0.05, 0.1) is 37.3 Å². The molecule has 0 aliphatic carbocycles. The Morgan fingerprint density at radius 2 is 1.87 bits per heavy atom. The molecule has 1 N–H and O–H groups in total. The molecular weight excluding hydrogens is 494 g/mol. The molecule has 0 saturated carbocycles. The normalized spacial score (nSPS) is 11.4. The summed E-state index contributed by atoms with van der Waals surface area (Å²) >= 11 is 0. The van der Waals surface area contributed by atoms with Gasteiger partial charge in [-0.15, -0.1) is 0 Å². The van der Waals surface area contributed by atoms with Crippen LogP contribution >= 0.6 is 0 Å². The van der Waals surface area contributed by atoms with Gasteiger partial charge in [-0.3, -0.25) is 4.79 Å². The van der Waals surface area contributed by atoms with E-state index in [0.717, 1.165) is 35.5 Å². The molecule has 9 nitrogen and oxygen atoms in total. The van der Waals surface area contributed by atoms with Crippen molar-refractivity contribution >= 4 is 17.6 Å². The number of amides is 1. The van der Waals surface area contributed by atoms with Gasteiger partial charge >= 0.3 is 5.97 Å². The fourth-order valence-corrected chi connectivity index (χ4v) is 4.22. The first-order valence-corrected chi connectivity index (χ1v) is 12.7. The van der Waals surface area contributed by atoms with Crippen LogP contribution in [0.1, 0.15) is 47.6 Å². The molecule has 2 heterocycles. The van der Waals surface area contributed by atoms with E-state index in [2.05, 4.69) is 37.5 Å². The van der Waals surface area contributed by atoms with E-state index in [1.165, 1.54) is 7.11 Å². The van der Waals surface area contributed by atoms with Crippen LogP contribution in [-0.4, -0.2) is 41.1 Å². The van der Waals surface area contributed by atoms with E-state index in [-0.39, 0.29) is 5.76 Å². The molecule has 0 fully saturated rings. The third-order valence-corrected chi connectivity index (χ3v) is 6.33. The lowest BCUT2D eigenvalue weighted by molar-refractivity contribution is -0.142. The van der Waals surface area contributed by atoms with E-state index in [1.54, 1.807) is 19.1 Å². The van der Waals surface area contributed by atoms with Gasteiger partial charge in [-0.25, -0.2) is 9.78 Å². The molecule has 4 rings (SSSR count). The molecule has 0 unspecified atom stereocenters. The summed E-state index contributed by atoms with van der Waals surface area (Å²) in [6, 6.07) is 20.3. The molecule has 0 spiro atoms. The first-order valence-electron chi connectivity index (χ1n) is 12.7. The number of hydrogen-bond donors (Lipinski definition) is 1. The molecule has 0 radical (unpaired) electrons. The monoisotopic (exact) mass is 525 g/mol. The highest BCUT2D eigenvalue weighted by atomic mass is 16.5. The van der Waals surface area contributed by atoms with Gasteiger partial charge in [-0.2, -0.15) is 5.26 Å². The maximum absolute atomic E-state index is 12.4. The van der Waals surface area contributed by atoms with E-state index in [4.69, 9.17) is 9.68 Å². The average Bonchev–Trinajstić information content (AvgIpc) is 3.63. The van der Waals surface area contributed by atoms with Crippen LogP contribution in [0, 0.1) is 11.3 Å². The van der Waals surface area contributed by atoms with Crippen LogP contribution in [-0.2, 0) is 22.6 Å². The van der Waals surface area contributed by atoms with Crippen LogP contribution in [0.15, 0.2) is 77.6 Å². The van der Waals surface area contributed by atoms with E-state index in [1.807, 2.05) is 61.1 Å². The number of nitrogens with zero attached hydrogens (tertiary/aromatic N) is 4. The van der Waals surface area contributed by atoms with Crippen molar-refractivity contribution in [2.75, 3.05) is 18.6 Å². The maximum Gasteiger partial charge on any atom is 0.328 e. The first kappa shape index (κ1) is 27.2. The minimum Gasteiger partial charge on any atom is -0.467 e. The standard InChI is InChI=1S/C30H31N5O4/c1-4-15-34(19-26-17-32-20-35(26)18-23-7-5-22(16-31)6-8-23)25-11-9-24(10-12-25)27-13-14-28(39-27)29(36)33-21(2)30(37)38-3/h5-14,17,20-21H,4,15,18-19H2,1-3H3,(H,33,36)/t21-/m0/s1. The highest BCUT2D eigenvalue weighted by Gasteiger charge is 2.19. The van der Waals surface area contributed by atoms with Gasteiger partial charge in [-0.05, 0) is 67.4 Å². The zero-order valence-corrected chi connectivity index (χ0v) is 22.3. The lowest BCUT2D eigenvalue weighted by Crippen LogP contribution is -2.38. The number of hydrogen-bond acceptors (Lipinski definition) is 7. The van der Waals surface area contributed by atoms with Crippen molar-refractivity contribution in [1.29, 1.82) is 5.26 Å². The Morgan fingerprint density at radius 1 is 1.13 bits per heavy atom. The van der Waals surface area contributed by atoms with Gasteiger partial charge in [0.1, 0.15) is 11.8 Å². The summed E-state index contributed by atoms with van der Waals surface area (Å²) in [6.45, 7) is 5.92. The number of imidazole rings is 1. The third-order valence-electron chi connectivity index (χ3n) is 6.33. The number of furan rings is 1. The summed E-state index contributed by atoms with van der Waals surface area (Å²) in [7, 11) is 1.27. The van der Waals surface area contributed by atoms with Crippen molar-refractivity contribution in [1.82, 2.24) is 14.9 Å². The molecule has 2 aromatic carbocycles. The molecule has 0 aliphatic rings. The Bertz CT molecular complexity index is 1450. The van der Waals surface area contributed by atoms with Crippen molar-refractivity contribution in [3.05, 3.63) is 95.8 Å². The first-order chi connectivity index (χ1) is 18.9. The second kappa shape index (κ2) is 12.6. The number of esters is 1. The van der Waals surface area contributed by atoms with Gasteiger partial charge in [0.2, 0.25) is 0 Å². The molecule has 39 heavy (non-hydrogen) atoms. The average molecular weight is 526 g/mol. The van der Waals surface area contributed by atoms with Crippen molar-refractivity contribution in [3.63, 3.8) is 0 Å². The molecule has 9 heteroatoms. The van der Waals surface area contributed by atoms with Crippen LogP contribution in [0.25, 0.3) is 11.3 Å². The summed E-state index contributed by atoms with van der Waals surface area (Å²) in [5.74, 6) is -0.338. The van der Waals surface area contributed by atoms with Crippen LogP contribution in [0.3, 0.4) is 0 Å². The maximum atomic E-state index is 12.4. The molecule has 1 amide bonds. The van der Waals surface area contributed by atoms with Crippen molar-refractivity contribution < 1.29 is 18.7 Å². The fraction of sp³-hybridized carbons (Fsp3) is 0.267. The number of nitriles is 1. The van der Waals surface area contributed by atoms with Crippen LogP contribution < -0.4 is 10.2 Å². The van der Waals surface area contributed by atoms with E-state index in [0.29, 0.717) is 24.4 Å². The molecule has 0 bridgehead atoms. The Morgan fingerprint density at radius 3 is 2.54 bits per heavy atom. The smallest absolute Gasteiger partial charge is 0.328 e. The molecule has 200 valence electrons. The van der Waals surface area contributed by atoms with Crippen molar-refractivity contribution in [3.8, 4) is 17.4 Å². The number of methoxy groups -OCH3 is 1. The summed E-state index contributed by atoms with van der Waals surface area (Å²) in [5.41, 5.74) is 4.72. The molecular formula is C30H31N5O4. The summed E-state index contributed by atoms with van der Waals surface area (Å²) in [5, 5.41) is 11.6. The number of carbonyl (C=O) groups is 2. The highest BCUT2D eigenvalue weighted by molar-refractivity contribution is 5.94. The van der Waals surface area contributed by atoms with Gasteiger partial charge in [0, 0.05) is 30.5 Å². The lowest BCUT2D eigenvalue weighted by Gasteiger charge is -2.25. The Kier molecular flexibility index (Phi) is 8.79. The predicted molar refractivity (Wildman–Crippen MR) is 147 cm³/mol. The largest absolute Gasteiger partial charge is 0.467 e. The number of rotatable bonds is 11. The molecule has 0 saturated heterocycles. The van der Waals surface area contributed by atoms with E-state index >= 15 is 0 Å². The van der Waals surface area contributed by atoms with Crippen LogP contribution in [0.4, 0.5) is 5.69 Å². The number of anilines is 1. The van der Waals surface area contributed by atoms with Crippen LogP contribution in [0.5, 0.6) is 0 Å². The number of carbonyl (C=O) groups excluding carboxylic acids is 2. The molecule has 2 aromatic heterocycles. The second-order valence-corrected chi connectivity index (χ2v) is 9.17. The zero-order chi connectivity index (χ0) is 27.8. The van der Waals surface area contributed by atoms with Gasteiger partial charge in [-0.1, -0.05) is 19.1 Å². The molecule has 1 atom stereocenters. The summed E-state index contributed by atoms with van der Waals surface area (Å²) in [4.78, 5) is 30.7. The lowest BCUT2D eigenvalue weighted by atomic mass is 10.1. The van der Waals surface area contributed by atoms with Crippen molar-refractivity contribution in [2.45, 2.75) is 39.4 Å². The summed E-state index contributed by atoms with van der Waals surface area (Å²) in [6.07, 6.45) is 4.70. The van der Waals surface area contributed by atoms with Gasteiger partial charge < -0.3 is 23.9 Å². The molecule has 4 aromatic rings. The minimum absolute atomic E-state index is 0.118. The molecule has 0 aliphatic heterocycles. The number of aromatic nitrogens is 2. The third kappa shape index (κ3) is 6.73. The fourth-order valence-electron chi connectivity index (χ4n) is 4.22. The van der Waals surface area contributed by atoms with Crippen molar-refractivity contribution in [2.24, 2.45) is 0 Å². The van der Waals surface area contributed by atoms with E-state index in [9.17, 15) is 9.59 Å². The van der Waals surface area contributed by atoms with E-state index < -0.39 is 17.9 Å². The second-order valence-electron chi connectivity index (χ2n) is 9.17. The van der Waals surface area contributed by atoms with Gasteiger partial charge in [0.15, 0.2) is 5.76 Å². The summed E-state index contributed by atoms with van der Waals surface area (Å²) < 4.78 is 12.5.